The minimum absolute atomic E-state index is 0.488. The molecule has 9 heavy (non-hydrogen) atoms. The summed E-state index contributed by atoms with van der Waals surface area (Å²) in [5.41, 5.74) is 0.488. The normalized spacial score (nSPS) is 15.7. The first-order valence-electron chi connectivity index (χ1n) is 3.83. The van der Waals surface area contributed by atoms with Crippen molar-refractivity contribution in [3.63, 3.8) is 0 Å². The van der Waals surface area contributed by atoms with E-state index in [0.717, 1.165) is 12.3 Å². The molecule has 0 heterocycles. The molecule has 55 valence electrons. The Bertz CT molecular complexity index is 72.1. The smallest absolute Gasteiger partial charge is 0.0331 e. The molecule has 0 N–H and O–H groups in total. The van der Waals surface area contributed by atoms with E-state index in [1.165, 1.54) is 6.42 Å². The first-order chi connectivity index (χ1) is 4.04. The van der Waals surface area contributed by atoms with E-state index in [2.05, 4.69) is 34.6 Å². The predicted molar refractivity (Wildman–Crippen MR) is 43.2 cm³/mol. The van der Waals surface area contributed by atoms with Crippen molar-refractivity contribution in [2.45, 2.75) is 40.5 Å². The van der Waals surface area contributed by atoms with Crippen molar-refractivity contribution in [1.29, 1.82) is 0 Å². The summed E-state index contributed by atoms with van der Waals surface area (Å²) < 4.78 is 0. The Morgan fingerprint density at radius 1 is 1.44 bits per heavy atom. The molecule has 0 aromatic heterocycles. The molecule has 0 aliphatic heterocycles. The maximum absolute atomic E-state index is 3.90. The molecule has 0 nitrogen and oxygen atoms in total. The lowest BCUT2D eigenvalue weighted by atomic mass is 9.77. The highest BCUT2D eigenvalue weighted by Gasteiger charge is 2.21. The van der Waals surface area contributed by atoms with Crippen molar-refractivity contribution < 1.29 is 0 Å². The summed E-state index contributed by atoms with van der Waals surface area (Å²) in [5.74, 6) is 0.752. The van der Waals surface area contributed by atoms with Crippen LogP contribution in [0.5, 0.6) is 0 Å². The third-order valence-electron chi connectivity index (χ3n) is 2.68. The molecule has 0 fully saturated rings. The average Bonchev–Trinajstić information content (AvgIpc) is 1.86. The van der Waals surface area contributed by atoms with Crippen molar-refractivity contribution in [2.75, 3.05) is 0 Å². The molecule has 1 radical (unpaired) electrons. The molecule has 1 unspecified atom stereocenters. The first-order valence-corrected chi connectivity index (χ1v) is 3.83. The van der Waals surface area contributed by atoms with E-state index in [0.29, 0.717) is 5.41 Å². The Labute approximate surface area is 59.7 Å². The summed E-state index contributed by atoms with van der Waals surface area (Å²) in [6.45, 7) is 13.0. The van der Waals surface area contributed by atoms with Crippen LogP contribution in [0.4, 0.5) is 0 Å². The van der Waals surface area contributed by atoms with Gasteiger partial charge in [0.2, 0.25) is 0 Å². The zero-order valence-electron chi connectivity index (χ0n) is 7.20. The van der Waals surface area contributed by atoms with Gasteiger partial charge in [0, 0.05) is 0 Å². The number of rotatable bonds is 3. The SMILES string of the molecule is [CH2]CC(C)C(C)(C)CC. The molecule has 0 aliphatic rings. The van der Waals surface area contributed by atoms with E-state index < -0.39 is 0 Å². The largest absolute Gasteiger partial charge is 0.0649 e. The highest BCUT2D eigenvalue weighted by atomic mass is 14.3. The molecular weight excluding hydrogens is 108 g/mol. The molecule has 0 aliphatic carbocycles. The second-order valence-electron chi connectivity index (χ2n) is 3.53. The van der Waals surface area contributed by atoms with E-state index in [4.69, 9.17) is 0 Å². The number of hydrogen-bond acceptors (Lipinski definition) is 0. The quantitative estimate of drug-likeness (QED) is 0.545. The molecule has 0 saturated carbocycles. The fourth-order valence-electron chi connectivity index (χ4n) is 0.739. The maximum atomic E-state index is 3.90. The molecule has 0 bridgehead atoms. The first kappa shape index (κ1) is 9.00. The molecule has 0 spiro atoms. The Hall–Kier alpha value is 0. The third-order valence-corrected chi connectivity index (χ3v) is 2.68. The van der Waals surface area contributed by atoms with Gasteiger partial charge in [0.25, 0.3) is 0 Å². The van der Waals surface area contributed by atoms with Gasteiger partial charge in [0.15, 0.2) is 0 Å². The van der Waals surface area contributed by atoms with Crippen molar-refractivity contribution in [3.05, 3.63) is 6.92 Å². The van der Waals surface area contributed by atoms with Gasteiger partial charge in [-0.3, -0.25) is 0 Å². The molecule has 0 heteroatoms. The van der Waals surface area contributed by atoms with Crippen LogP contribution in [-0.4, -0.2) is 0 Å². The van der Waals surface area contributed by atoms with Crippen molar-refractivity contribution >= 4 is 0 Å². The minimum Gasteiger partial charge on any atom is -0.0649 e. The van der Waals surface area contributed by atoms with E-state index >= 15 is 0 Å². The highest BCUT2D eigenvalue weighted by Crippen LogP contribution is 2.31. The zero-order chi connectivity index (χ0) is 7.49. The van der Waals surface area contributed by atoms with Crippen molar-refractivity contribution in [2.24, 2.45) is 11.3 Å². The Morgan fingerprint density at radius 2 is 1.89 bits per heavy atom. The van der Waals surface area contributed by atoms with Crippen LogP contribution in [0.3, 0.4) is 0 Å². The van der Waals surface area contributed by atoms with Crippen LogP contribution in [0.2, 0.25) is 0 Å². The van der Waals surface area contributed by atoms with E-state index in [1.807, 2.05) is 0 Å². The van der Waals surface area contributed by atoms with Crippen LogP contribution in [0.1, 0.15) is 40.5 Å². The van der Waals surface area contributed by atoms with Gasteiger partial charge in [-0.25, -0.2) is 0 Å². The highest BCUT2D eigenvalue weighted by molar-refractivity contribution is 4.73. The monoisotopic (exact) mass is 127 g/mol. The summed E-state index contributed by atoms with van der Waals surface area (Å²) in [6.07, 6.45) is 2.31. The minimum atomic E-state index is 0.488. The van der Waals surface area contributed by atoms with Crippen LogP contribution < -0.4 is 0 Å². The van der Waals surface area contributed by atoms with Crippen LogP contribution in [0, 0.1) is 18.3 Å². The topological polar surface area (TPSA) is 0 Å². The van der Waals surface area contributed by atoms with Gasteiger partial charge in [-0.2, -0.15) is 0 Å². The fraction of sp³-hybridized carbons (Fsp3) is 0.889. The second-order valence-corrected chi connectivity index (χ2v) is 3.53. The molecule has 1 atom stereocenters. The zero-order valence-corrected chi connectivity index (χ0v) is 7.20. The summed E-state index contributed by atoms with van der Waals surface area (Å²) in [5, 5.41) is 0. The maximum Gasteiger partial charge on any atom is -0.0331 e. The van der Waals surface area contributed by atoms with Gasteiger partial charge in [-0.15, -0.1) is 0 Å². The molecule has 0 aromatic carbocycles. The van der Waals surface area contributed by atoms with Gasteiger partial charge in [-0.05, 0) is 11.3 Å². The molecule has 0 rings (SSSR count). The lowest BCUT2D eigenvalue weighted by Crippen LogP contribution is -2.19. The van der Waals surface area contributed by atoms with Gasteiger partial charge in [0.05, 0.1) is 0 Å². The van der Waals surface area contributed by atoms with Gasteiger partial charge in [-0.1, -0.05) is 47.5 Å². The van der Waals surface area contributed by atoms with E-state index in [-0.39, 0.29) is 0 Å². The lowest BCUT2D eigenvalue weighted by molar-refractivity contribution is 0.222. The van der Waals surface area contributed by atoms with Crippen LogP contribution in [-0.2, 0) is 0 Å². The summed E-state index contributed by atoms with van der Waals surface area (Å²) >= 11 is 0. The van der Waals surface area contributed by atoms with E-state index in [1.54, 1.807) is 0 Å². The third kappa shape index (κ3) is 2.38. The summed E-state index contributed by atoms with van der Waals surface area (Å²) in [7, 11) is 0. The molecule has 0 amide bonds. The summed E-state index contributed by atoms with van der Waals surface area (Å²) in [4.78, 5) is 0. The van der Waals surface area contributed by atoms with E-state index in [9.17, 15) is 0 Å². The van der Waals surface area contributed by atoms with Crippen molar-refractivity contribution in [1.82, 2.24) is 0 Å². The Kier molecular flexibility index (Phi) is 3.24. The molecule has 0 aromatic rings. The Morgan fingerprint density at radius 3 is 2.00 bits per heavy atom. The lowest BCUT2D eigenvalue weighted by Gasteiger charge is -2.29. The van der Waals surface area contributed by atoms with Gasteiger partial charge in [0.1, 0.15) is 0 Å². The Balaban J connectivity index is 3.80. The average molecular weight is 127 g/mol. The number of hydrogen-bond donors (Lipinski definition) is 0. The molecule has 0 saturated heterocycles. The fourth-order valence-corrected chi connectivity index (χ4v) is 0.739. The van der Waals surface area contributed by atoms with Crippen LogP contribution in [0.15, 0.2) is 0 Å². The predicted octanol–water partition coefficient (Wildman–Crippen LogP) is 3.28. The summed E-state index contributed by atoms with van der Waals surface area (Å²) in [6, 6.07) is 0. The van der Waals surface area contributed by atoms with Crippen LogP contribution >= 0.6 is 0 Å². The van der Waals surface area contributed by atoms with Crippen LogP contribution in [0.25, 0.3) is 0 Å². The second kappa shape index (κ2) is 3.24. The molecular formula is C9H19. The van der Waals surface area contributed by atoms with Crippen molar-refractivity contribution in [3.8, 4) is 0 Å². The standard InChI is InChI=1S/C9H19/c1-6-8(3)9(4,5)7-2/h8H,1,6-7H2,2-5H3. The van der Waals surface area contributed by atoms with Gasteiger partial charge < -0.3 is 0 Å². The van der Waals surface area contributed by atoms with Gasteiger partial charge >= 0.3 is 0 Å².